The van der Waals surface area contributed by atoms with Gasteiger partial charge in [0, 0.05) is 12.1 Å². The van der Waals surface area contributed by atoms with Crippen molar-refractivity contribution in [3.8, 4) is 5.75 Å². The molecule has 0 radical (unpaired) electrons. The first kappa shape index (κ1) is 20.2. The molecule has 1 heterocycles. The first-order chi connectivity index (χ1) is 13.1. The second kappa shape index (κ2) is 7.44. The van der Waals surface area contributed by atoms with E-state index >= 15 is 0 Å². The van der Waals surface area contributed by atoms with E-state index in [0.717, 1.165) is 22.5 Å². The molecule has 1 unspecified atom stereocenters. The van der Waals surface area contributed by atoms with Crippen LogP contribution < -0.4 is 9.46 Å². The van der Waals surface area contributed by atoms with Crippen molar-refractivity contribution >= 4 is 31.4 Å². The number of hydrazone groups is 1. The molecule has 1 aliphatic heterocycles. The molecule has 3 rings (SSSR count). The van der Waals surface area contributed by atoms with E-state index in [2.05, 4.69) is 9.82 Å². The lowest BCUT2D eigenvalue weighted by atomic mass is 9.99. The Balaban J connectivity index is 1.98. The van der Waals surface area contributed by atoms with Crippen molar-refractivity contribution in [3.05, 3.63) is 59.7 Å². The molecule has 10 heteroatoms. The van der Waals surface area contributed by atoms with Gasteiger partial charge in [0.2, 0.25) is 20.0 Å². The van der Waals surface area contributed by atoms with Gasteiger partial charge in [-0.1, -0.05) is 24.3 Å². The van der Waals surface area contributed by atoms with E-state index in [1.165, 1.54) is 0 Å². The predicted molar refractivity (Wildman–Crippen MR) is 108 cm³/mol. The summed E-state index contributed by atoms with van der Waals surface area (Å²) in [4.78, 5) is 0. The van der Waals surface area contributed by atoms with Crippen molar-refractivity contribution in [2.45, 2.75) is 12.5 Å². The minimum Gasteiger partial charge on any atom is -0.497 e. The van der Waals surface area contributed by atoms with E-state index in [4.69, 9.17) is 4.74 Å². The molecule has 0 fully saturated rings. The minimum atomic E-state index is -3.61. The van der Waals surface area contributed by atoms with Gasteiger partial charge >= 0.3 is 0 Å². The van der Waals surface area contributed by atoms with Crippen LogP contribution >= 0.6 is 0 Å². The topological polar surface area (TPSA) is 105 Å². The fraction of sp³-hybridized carbons (Fsp3) is 0.278. The van der Waals surface area contributed by atoms with Gasteiger partial charge in [-0.3, -0.25) is 4.72 Å². The van der Waals surface area contributed by atoms with Gasteiger partial charge in [0.25, 0.3) is 0 Å². The summed E-state index contributed by atoms with van der Waals surface area (Å²) in [6.07, 6.45) is 2.52. The van der Waals surface area contributed by atoms with Crippen LogP contribution in [0.4, 0.5) is 5.69 Å². The summed E-state index contributed by atoms with van der Waals surface area (Å²) < 4.78 is 56.3. The molecule has 0 spiro atoms. The summed E-state index contributed by atoms with van der Waals surface area (Å²) in [6.45, 7) is 0. The summed E-state index contributed by atoms with van der Waals surface area (Å²) in [6, 6.07) is 13.4. The first-order valence-corrected chi connectivity index (χ1v) is 12.1. The SMILES string of the molecule is COc1cccc(C2CC(c3cccc(NS(C)(=O)=O)c3)=NN2S(C)(=O)=O)c1. The molecule has 1 atom stereocenters. The molecule has 1 N–H and O–H groups in total. The molecule has 1 aliphatic rings. The standard InChI is InChI=1S/C18H21N3O5S2/c1-26-16-9-5-7-14(11-16)18-12-17(19-21(18)28(3,24)25)13-6-4-8-15(10-13)20-27(2,22)23/h4-11,18,20H,12H2,1-3H3. The van der Waals surface area contributed by atoms with Crippen LogP contribution in [0.1, 0.15) is 23.6 Å². The van der Waals surface area contributed by atoms with Crippen molar-refractivity contribution < 1.29 is 21.6 Å². The van der Waals surface area contributed by atoms with Crippen molar-refractivity contribution in [2.24, 2.45) is 5.10 Å². The second-order valence-corrected chi connectivity index (χ2v) is 10.1. The summed E-state index contributed by atoms with van der Waals surface area (Å²) in [5.41, 5.74) is 2.34. The number of sulfonamides is 2. The Morgan fingerprint density at radius 3 is 2.43 bits per heavy atom. The number of anilines is 1. The molecule has 0 saturated carbocycles. The Labute approximate surface area is 164 Å². The van der Waals surface area contributed by atoms with Gasteiger partial charge in [0.05, 0.1) is 31.4 Å². The summed E-state index contributed by atoms with van der Waals surface area (Å²) in [5, 5.41) is 4.32. The highest BCUT2D eigenvalue weighted by Crippen LogP contribution is 2.36. The van der Waals surface area contributed by atoms with Gasteiger partial charge < -0.3 is 4.74 Å². The van der Waals surface area contributed by atoms with Crippen LogP contribution in [0.5, 0.6) is 5.75 Å². The molecule has 0 aromatic heterocycles. The molecule has 0 amide bonds. The molecule has 28 heavy (non-hydrogen) atoms. The highest BCUT2D eigenvalue weighted by Gasteiger charge is 2.34. The van der Waals surface area contributed by atoms with Crippen LogP contribution in [-0.2, 0) is 20.0 Å². The zero-order valence-electron chi connectivity index (χ0n) is 15.7. The zero-order chi connectivity index (χ0) is 20.5. The molecular weight excluding hydrogens is 402 g/mol. The number of ether oxygens (including phenoxy) is 1. The number of hydrogen-bond donors (Lipinski definition) is 1. The first-order valence-electron chi connectivity index (χ1n) is 8.36. The average Bonchev–Trinajstić information content (AvgIpc) is 3.06. The quantitative estimate of drug-likeness (QED) is 0.767. The fourth-order valence-corrected chi connectivity index (χ4v) is 4.50. The van der Waals surface area contributed by atoms with Crippen molar-refractivity contribution in [3.63, 3.8) is 0 Å². The molecule has 8 nitrogen and oxygen atoms in total. The van der Waals surface area contributed by atoms with E-state index in [1.54, 1.807) is 49.6 Å². The fourth-order valence-electron chi connectivity index (χ4n) is 3.04. The second-order valence-electron chi connectivity index (χ2n) is 6.53. The Bertz CT molecular complexity index is 1130. The van der Waals surface area contributed by atoms with Gasteiger partial charge in [-0.25, -0.2) is 16.8 Å². The van der Waals surface area contributed by atoms with E-state index in [9.17, 15) is 16.8 Å². The van der Waals surface area contributed by atoms with Crippen LogP contribution in [-0.4, -0.2) is 46.6 Å². The number of nitrogens with zero attached hydrogens (tertiary/aromatic N) is 2. The van der Waals surface area contributed by atoms with Gasteiger partial charge in [-0.2, -0.15) is 9.52 Å². The molecule has 2 aromatic rings. The number of rotatable bonds is 6. The normalized spacial score (nSPS) is 17.3. The highest BCUT2D eigenvalue weighted by molar-refractivity contribution is 7.92. The van der Waals surface area contributed by atoms with Crippen LogP contribution in [0.25, 0.3) is 0 Å². The van der Waals surface area contributed by atoms with E-state index in [1.807, 2.05) is 6.07 Å². The maximum Gasteiger partial charge on any atom is 0.247 e. The molecular formula is C18H21N3O5S2. The number of benzene rings is 2. The third-order valence-electron chi connectivity index (χ3n) is 4.19. The van der Waals surface area contributed by atoms with Crippen LogP contribution in [0, 0.1) is 0 Å². The van der Waals surface area contributed by atoms with Gasteiger partial charge in [-0.15, -0.1) is 0 Å². The van der Waals surface area contributed by atoms with Gasteiger partial charge in [-0.05, 0) is 35.4 Å². The Hall–Kier alpha value is -2.59. The van der Waals surface area contributed by atoms with Gasteiger partial charge in [0.1, 0.15) is 5.75 Å². The Kier molecular flexibility index (Phi) is 5.35. The minimum absolute atomic E-state index is 0.350. The van der Waals surface area contributed by atoms with Crippen LogP contribution in [0.3, 0.4) is 0 Å². The molecule has 2 aromatic carbocycles. The van der Waals surface area contributed by atoms with Crippen molar-refractivity contribution in [2.75, 3.05) is 24.3 Å². The molecule has 150 valence electrons. The Morgan fingerprint density at radius 2 is 1.79 bits per heavy atom. The highest BCUT2D eigenvalue weighted by atomic mass is 32.2. The van der Waals surface area contributed by atoms with E-state index < -0.39 is 26.1 Å². The van der Waals surface area contributed by atoms with Crippen LogP contribution in [0.2, 0.25) is 0 Å². The third-order valence-corrected chi connectivity index (χ3v) is 5.81. The smallest absolute Gasteiger partial charge is 0.247 e. The zero-order valence-corrected chi connectivity index (χ0v) is 17.3. The van der Waals surface area contributed by atoms with Crippen molar-refractivity contribution in [1.29, 1.82) is 0 Å². The monoisotopic (exact) mass is 423 g/mol. The molecule has 0 saturated heterocycles. The van der Waals surface area contributed by atoms with Crippen molar-refractivity contribution in [1.82, 2.24) is 4.41 Å². The molecule has 0 aliphatic carbocycles. The summed E-state index contributed by atoms with van der Waals surface area (Å²) in [5.74, 6) is 0.624. The number of methoxy groups -OCH3 is 1. The average molecular weight is 424 g/mol. The number of hydrogen-bond acceptors (Lipinski definition) is 6. The summed E-state index contributed by atoms with van der Waals surface area (Å²) in [7, 11) is -5.48. The van der Waals surface area contributed by atoms with E-state index in [-0.39, 0.29) is 0 Å². The van der Waals surface area contributed by atoms with E-state index in [0.29, 0.717) is 29.1 Å². The van der Waals surface area contributed by atoms with Crippen LogP contribution in [0.15, 0.2) is 53.6 Å². The lowest BCUT2D eigenvalue weighted by molar-refractivity contribution is 0.371. The van der Waals surface area contributed by atoms with Gasteiger partial charge in [0.15, 0.2) is 0 Å². The molecule has 0 bridgehead atoms. The predicted octanol–water partition coefficient (Wildman–Crippen LogP) is 2.18. The maximum atomic E-state index is 12.3. The largest absolute Gasteiger partial charge is 0.497 e. The Morgan fingerprint density at radius 1 is 1.07 bits per heavy atom. The number of nitrogens with one attached hydrogen (secondary N) is 1. The lowest BCUT2D eigenvalue weighted by Gasteiger charge is -2.21. The summed E-state index contributed by atoms with van der Waals surface area (Å²) >= 11 is 0. The maximum absolute atomic E-state index is 12.3. The lowest BCUT2D eigenvalue weighted by Crippen LogP contribution is -2.25. The third kappa shape index (κ3) is 4.63.